The minimum Gasteiger partial charge on any atom is -0.339 e. The lowest BCUT2D eigenvalue weighted by atomic mass is 9.79. The molecule has 0 radical (unpaired) electrons. The zero-order valence-corrected chi connectivity index (χ0v) is 8.66. The Labute approximate surface area is 84.5 Å². The van der Waals surface area contributed by atoms with E-state index in [1.165, 1.54) is 19.3 Å². The van der Waals surface area contributed by atoms with Crippen molar-refractivity contribution in [3.63, 3.8) is 0 Å². The molecule has 1 heterocycles. The van der Waals surface area contributed by atoms with Gasteiger partial charge in [-0.3, -0.25) is 9.59 Å². The normalized spacial score (nSPS) is 26.2. The summed E-state index contributed by atoms with van der Waals surface area (Å²) in [5.41, 5.74) is 0. The topological polar surface area (TPSA) is 37.4 Å². The average Bonchev–Trinajstić information content (AvgIpc) is 2.00. The molecule has 3 heteroatoms. The number of hydrogen-bond acceptors (Lipinski definition) is 2. The van der Waals surface area contributed by atoms with Gasteiger partial charge in [0.1, 0.15) is 5.78 Å². The number of piperidine rings is 1. The molecule has 78 valence electrons. The van der Waals surface area contributed by atoms with Crippen LogP contribution in [0.15, 0.2) is 0 Å². The van der Waals surface area contributed by atoms with E-state index >= 15 is 0 Å². The molecule has 1 amide bonds. The first kappa shape index (κ1) is 9.69. The molecule has 1 atom stereocenters. The highest BCUT2D eigenvalue weighted by Gasteiger charge is 2.33. The molecule has 0 N–H and O–H groups in total. The Morgan fingerprint density at radius 2 is 2.07 bits per heavy atom. The maximum Gasteiger partial charge on any atom is 0.230 e. The molecular weight excluding hydrogens is 178 g/mol. The summed E-state index contributed by atoms with van der Waals surface area (Å²) in [6, 6.07) is 0.351. The number of nitrogens with zero attached hydrogens (tertiary/aromatic N) is 1. The Balaban J connectivity index is 1.95. The lowest BCUT2D eigenvalue weighted by Gasteiger charge is -2.40. The molecule has 1 aliphatic heterocycles. The second-order valence-electron chi connectivity index (χ2n) is 4.48. The molecule has 2 rings (SSSR count). The highest BCUT2D eigenvalue weighted by atomic mass is 16.2. The molecule has 2 fully saturated rings. The van der Waals surface area contributed by atoms with Crippen LogP contribution < -0.4 is 0 Å². The monoisotopic (exact) mass is 195 g/mol. The van der Waals surface area contributed by atoms with Crippen molar-refractivity contribution in [1.82, 2.24) is 4.90 Å². The summed E-state index contributed by atoms with van der Waals surface area (Å²) < 4.78 is 0. The predicted molar refractivity (Wildman–Crippen MR) is 52.8 cm³/mol. The first-order valence-corrected chi connectivity index (χ1v) is 5.49. The van der Waals surface area contributed by atoms with Crippen LogP contribution in [-0.2, 0) is 9.59 Å². The third kappa shape index (κ3) is 1.68. The summed E-state index contributed by atoms with van der Waals surface area (Å²) in [5, 5.41) is 0. The van der Waals surface area contributed by atoms with Gasteiger partial charge in [0.15, 0.2) is 0 Å². The summed E-state index contributed by atoms with van der Waals surface area (Å²) in [6.07, 6.45) is 4.49. The lowest BCUT2D eigenvalue weighted by molar-refractivity contribution is -0.142. The van der Waals surface area contributed by atoms with Crippen molar-refractivity contribution in [1.29, 1.82) is 0 Å². The fourth-order valence-electron chi connectivity index (χ4n) is 2.34. The van der Waals surface area contributed by atoms with Crippen LogP contribution in [0.5, 0.6) is 0 Å². The highest BCUT2D eigenvalue weighted by molar-refractivity contribution is 6.00. The molecule has 1 aliphatic carbocycles. The summed E-state index contributed by atoms with van der Waals surface area (Å²) in [7, 11) is 0. The first-order chi connectivity index (χ1) is 6.68. The van der Waals surface area contributed by atoms with Crippen molar-refractivity contribution < 1.29 is 9.59 Å². The van der Waals surface area contributed by atoms with Crippen molar-refractivity contribution in [2.45, 2.75) is 45.1 Å². The van der Waals surface area contributed by atoms with Crippen molar-refractivity contribution in [2.24, 2.45) is 5.92 Å². The zero-order valence-electron chi connectivity index (χ0n) is 8.66. The van der Waals surface area contributed by atoms with Gasteiger partial charge in [0, 0.05) is 19.0 Å². The number of Topliss-reactive ketones (excluding diaryl/α,β-unsaturated/α-hetero) is 1. The van der Waals surface area contributed by atoms with Crippen LogP contribution in [0.2, 0.25) is 0 Å². The molecule has 0 aromatic heterocycles. The quantitative estimate of drug-likeness (QED) is 0.624. The van der Waals surface area contributed by atoms with Gasteiger partial charge in [-0.05, 0) is 25.7 Å². The molecule has 0 aromatic rings. The van der Waals surface area contributed by atoms with E-state index in [-0.39, 0.29) is 18.1 Å². The van der Waals surface area contributed by atoms with Gasteiger partial charge < -0.3 is 4.90 Å². The van der Waals surface area contributed by atoms with Gasteiger partial charge in [-0.1, -0.05) is 6.42 Å². The Hall–Kier alpha value is -0.860. The Morgan fingerprint density at radius 1 is 1.36 bits per heavy atom. The number of carbonyl (C=O) groups excluding carboxylic acids is 2. The molecule has 0 spiro atoms. The summed E-state index contributed by atoms with van der Waals surface area (Å²) in [6.45, 7) is 2.77. The van der Waals surface area contributed by atoms with E-state index in [0.29, 0.717) is 24.9 Å². The Kier molecular flexibility index (Phi) is 2.57. The van der Waals surface area contributed by atoms with Crippen LogP contribution in [0.25, 0.3) is 0 Å². The van der Waals surface area contributed by atoms with Gasteiger partial charge in [-0.25, -0.2) is 0 Å². The van der Waals surface area contributed by atoms with Gasteiger partial charge in [-0.2, -0.15) is 0 Å². The van der Waals surface area contributed by atoms with Gasteiger partial charge in [0.25, 0.3) is 0 Å². The second-order valence-corrected chi connectivity index (χ2v) is 4.48. The van der Waals surface area contributed by atoms with Crippen LogP contribution in [0.3, 0.4) is 0 Å². The van der Waals surface area contributed by atoms with Crippen LogP contribution >= 0.6 is 0 Å². The number of carbonyl (C=O) groups is 2. The van der Waals surface area contributed by atoms with Gasteiger partial charge in [0.2, 0.25) is 5.91 Å². The minimum atomic E-state index is 0.0423. The fourth-order valence-corrected chi connectivity index (χ4v) is 2.34. The van der Waals surface area contributed by atoms with E-state index in [1.54, 1.807) is 0 Å². The van der Waals surface area contributed by atoms with E-state index in [9.17, 15) is 9.59 Å². The van der Waals surface area contributed by atoms with Gasteiger partial charge >= 0.3 is 0 Å². The summed E-state index contributed by atoms with van der Waals surface area (Å²) in [5.74, 6) is 0.833. The second kappa shape index (κ2) is 3.71. The molecule has 1 unspecified atom stereocenters. The van der Waals surface area contributed by atoms with Gasteiger partial charge in [-0.15, -0.1) is 0 Å². The molecule has 1 saturated heterocycles. The lowest BCUT2D eigenvalue weighted by Crippen LogP contribution is -2.48. The maximum atomic E-state index is 11.6. The van der Waals surface area contributed by atoms with Crippen LogP contribution in [-0.4, -0.2) is 29.2 Å². The molecule has 0 bridgehead atoms. The molecular formula is C11H17NO2. The zero-order chi connectivity index (χ0) is 10.1. The number of hydrogen-bond donors (Lipinski definition) is 0. The summed E-state index contributed by atoms with van der Waals surface area (Å²) in [4.78, 5) is 24.6. The average molecular weight is 195 g/mol. The van der Waals surface area contributed by atoms with Crippen LogP contribution in [0, 0.1) is 5.92 Å². The number of rotatable bonds is 2. The molecule has 14 heavy (non-hydrogen) atoms. The molecule has 1 saturated carbocycles. The van der Waals surface area contributed by atoms with Crippen LogP contribution in [0.4, 0.5) is 0 Å². The Bertz CT molecular complexity index is 258. The number of ketones is 1. The van der Waals surface area contributed by atoms with E-state index in [2.05, 4.69) is 6.92 Å². The van der Waals surface area contributed by atoms with Crippen molar-refractivity contribution in [3.05, 3.63) is 0 Å². The highest BCUT2D eigenvalue weighted by Crippen LogP contribution is 2.32. The van der Waals surface area contributed by atoms with E-state index in [0.717, 1.165) is 0 Å². The SMILES string of the molecule is CC(C1CCC1)N1CCC(=O)CC1=O. The van der Waals surface area contributed by atoms with E-state index < -0.39 is 0 Å². The maximum absolute atomic E-state index is 11.6. The largest absolute Gasteiger partial charge is 0.339 e. The minimum absolute atomic E-state index is 0.0423. The van der Waals surface area contributed by atoms with E-state index in [4.69, 9.17) is 0 Å². The molecule has 3 nitrogen and oxygen atoms in total. The summed E-state index contributed by atoms with van der Waals surface area (Å²) >= 11 is 0. The van der Waals surface area contributed by atoms with Crippen LogP contribution in [0.1, 0.15) is 39.0 Å². The van der Waals surface area contributed by atoms with Crippen molar-refractivity contribution in [2.75, 3.05) is 6.54 Å². The van der Waals surface area contributed by atoms with Gasteiger partial charge in [0.05, 0.1) is 6.42 Å². The smallest absolute Gasteiger partial charge is 0.230 e. The Morgan fingerprint density at radius 3 is 2.57 bits per heavy atom. The third-order valence-corrected chi connectivity index (χ3v) is 3.62. The van der Waals surface area contributed by atoms with E-state index in [1.807, 2.05) is 4.90 Å². The van der Waals surface area contributed by atoms with Crippen molar-refractivity contribution >= 4 is 11.7 Å². The number of likely N-dealkylation sites (tertiary alicyclic amines) is 1. The van der Waals surface area contributed by atoms with Crippen molar-refractivity contribution in [3.8, 4) is 0 Å². The number of amides is 1. The molecule has 2 aliphatic rings. The standard InChI is InChI=1S/C11H17NO2/c1-8(9-3-2-4-9)12-6-5-10(13)7-11(12)14/h8-9H,2-7H2,1H3. The fraction of sp³-hybridized carbons (Fsp3) is 0.818. The first-order valence-electron chi connectivity index (χ1n) is 5.49. The molecule has 0 aromatic carbocycles. The predicted octanol–water partition coefficient (Wildman–Crippen LogP) is 1.37. The third-order valence-electron chi connectivity index (χ3n) is 3.62.